The van der Waals surface area contributed by atoms with Gasteiger partial charge in [0.15, 0.2) is 0 Å². The van der Waals surface area contributed by atoms with E-state index in [1.54, 1.807) is 11.9 Å². The molecule has 9 heteroatoms. The van der Waals surface area contributed by atoms with Crippen molar-refractivity contribution in [2.24, 2.45) is 7.05 Å². The molecule has 0 amide bonds. The molecule has 1 aromatic carbocycles. The van der Waals surface area contributed by atoms with Gasteiger partial charge in [-0.15, -0.1) is 4.72 Å². The molecule has 2 aromatic rings. The van der Waals surface area contributed by atoms with E-state index in [0.717, 1.165) is 11.1 Å². The highest BCUT2D eigenvalue weighted by atomic mass is 32.2. The summed E-state index contributed by atoms with van der Waals surface area (Å²) in [4.78, 5) is 19.8. The first-order chi connectivity index (χ1) is 14.2. The van der Waals surface area contributed by atoms with Crippen molar-refractivity contribution in [3.8, 4) is 0 Å². The molecular formula is C22H32F2N4O2S. The minimum absolute atomic E-state index is 0.164. The molecule has 2 atom stereocenters. The largest absolute Gasteiger partial charge is 0.598 e. The third-order valence-corrected chi connectivity index (χ3v) is 7.42. The first-order valence-corrected chi connectivity index (χ1v) is 11.6. The lowest BCUT2D eigenvalue weighted by Gasteiger charge is -2.47. The second-order valence-electron chi connectivity index (χ2n) is 9.89. The van der Waals surface area contributed by atoms with Crippen molar-refractivity contribution >= 4 is 22.3 Å². The summed E-state index contributed by atoms with van der Waals surface area (Å²) in [5, 5.41) is 0.504. The number of alkyl halides is 2. The topological polar surface area (TPSA) is 73.2 Å². The van der Waals surface area contributed by atoms with Gasteiger partial charge in [0, 0.05) is 37.1 Å². The number of hydrogen-bond acceptors (Lipinski definition) is 5. The van der Waals surface area contributed by atoms with Crippen LogP contribution in [0.3, 0.4) is 0 Å². The third-order valence-electron chi connectivity index (χ3n) is 5.74. The number of likely N-dealkylation sites (tertiary alicyclic amines) is 1. The Balaban J connectivity index is 2.06. The second kappa shape index (κ2) is 8.42. The number of fused-ring (bicyclic) bond motifs is 1. The summed E-state index contributed by atoms with van der Waals surface area (Å²) in [5.41, 5.74) is 1.65. The Hall–Kier alpha value is -1.55. The van der Waals surface area contributed by atoms with Crippen molar-refractivity contribution in [1.82, 2.24) is 19.2 Å². The summed E-state index contributed by atoms with van der Waals surface area (Å²) in [6, 6.07) is 3.49. The van der Waals surface area contributed by atoms with Crippen LogP contribution in [0.4, 0.5) is 8.78 Å². The molecule has 1 saturated heterocycles. The predicted molar refractivity (Wildman–Crippen MR) is 121 cm³/mol. The number of nitrogens with one attached hydrogen (secondary N) is 1. The molecule has 2 heterocycles. The molecule has 0 spiro atoms. The van der Waals surface area contributed by atoms with Crippen LogP contribution in [0.5, 0.6) is 0 Å². The highest BCUT2D eigenvalue weighted by Gasteiger charge is 2.44. The van der Waals surface area contributed by atoms with Crippen LogP contribution in [0.2, 0.25) is 0 Å². The fourth-order valence-corrected chi connectivity index (χ4v) is 5.03. The van der Waals surface area contributed by atoms with Crippen LogP contribution in [0.15, 0.2) is 16.9 Å². The summed E-state index contributed by atoms with van der Waals surface area (Å²) in [7, 11) is 1.68. The maximum atomic E-state index is 13.2. The number of halogens is 2. The molecule has 1 N–H and O–H groups in total. The van der Waals surface area contributed by atoms with Crippen molar-refractivity contribution < 1.29 is 13.3 Å². The second-order valence-corrected chi connectivity index (χ2v) is 11.9. The van der Waals surface area contributed by atoms with Crippen molar-refractivity contribution in [1.29, 1.82) is 0 Å². The maximum Gasteiger partial charge on any atom is 0.261 e. The zero-order valence-corrected chi connectivity index (χ0v) is 20.1. The van der Waals surface area contributed by atoms with E-state index in [-0.39, 0.29) is 18.1 Å². The quantitative estimate of drug-likeness (QED) is 0.679. The lowest BCUT2D eigenvalue weighted by molar-refractivity contribution is 0.00892. The van der Waals surface area contributed by atoms with Crippen LogP contribution in [0, 0.1) is 6.92 Å². The van der Waals surface area contributed by atoms with E-state index in [2.05, 4.69) is 4.72 Å². The lowest BCUT2D eigenvalue weighted by atomic mass is 9.80. The normalized spacial score (nSPS) is 18.9. The average Bonchev–Trinajstić information content (AvgIpc) is 2.61. The number of benzene rings is 1. The summed E-state index contributed by atoms with van der Waals surface area (Å²) in [6.45, 7) is 12.0. The zero-order chi connectivity index (χ0) is 23.3. The molecule has 31 heavy (non-hydrogen) atoms. The fourth-order valence-electron chi connectivity index (χ4n) is 4.23. The van der Waals surface area contributed by atoms with E-state index >= 15 is 0 Å². The third kappa shape index (κ3) is 4.79. The molecule has 1 aliphatic heterocycles. The van der Waals surface area contributed by atoms with E-state index in [1.807, 2.05) is 53.7 Å². The zero-order valence-electron chi connectivity index (χ0n) is 19.3. The van der Waals surface area contributed by atoms with Crippen LogP contribution < -0.4 is 10.3 Å². The predicted octanol–water partition coefficient (Wildman–Crippen LogP) is 3.19. The van der Waals surface area contributed by atoms with Crippen molar-refractivity contribution in [3.05, 3.63) is 39.4 Å². The van der Waals surface area contributed by atoms with Gasteiger partial charge in [0.1, 0.15) is 10.6 Å². The minimum atomic E-state index is -2.39. The molecular weight excluding hydrogens is 422 g/mol. The average molecular weight is 455 g/mol. The highest BCUT2D eigenvalue weighted by molar-refractivity contribution is 7.90. The van der Waals surface area contributed by atoms with E-state index in [4.69, 9.17) is 4.98 Å². The van der Waals surface area contributed by atoms with Crippen LogP contribution in [0.1, 0.15) is 57.6 Å². The lowest BCUT2D eigenvalue weighted by Crippen LogP contribution is -2.60. The molecule has 3 rings (SSSR count). The number of hydrogen-bond donors (Lipinski definition) is 1. The molecule has 0 aliphatic carbocycles. The molecule has 1 aromatic heterocycles. The number of nitrogens with zero attached hydrogens (tertiary/aromatic N) is 3. The van der Waals surface area contributed by atoms with Crippen LogP contribution in [-0.4, -0.2) is 49.8 Å². The molecule has 1 fully saturated rings. The fraction of sp³-hybridized carbons (Fsp3) is 0.636. The highest BCUT2D eigenvalue weighted by Crippen LogP contribution is 2.34. The molecule has 0 radical (unpaired) electrons. The Kier molecular flexibility index (Phi) is 6.55. The van der Waals surface area contributed by atoms with Crippen LogP contribution in [-0.2, 0) is 23.8 Å². The van der Waals surface area contributed by atoms with Gasteiger partial charge in [0.25, 0.3) is 12.0 Å². The van der Waals surface area contributed by atoms with Crippen molar-refractivity contribution in [3.63, 3.8) is 0 Å². The summed E-state index contributed by atoms with van der Waals surface area (Å²) < 4.78 is 42.4. The van der Waals surface area contributed by atoms with Crippen LogP contribution >= 0.6 is 0 Å². The van der Waals surface area contributed by atoms with Gasteiger partial charge in [-0.2, -0.15) is 0 Å². The molecule has 0 bridgehead atoms. The summed E-state index contributed by atoms with van der Waals surface area (Å²) in [5.74, 6) is 0.588. The maximum absolute atomic E-state index is 13.2. The summed E-state index contributed by atoms with van der Waals surface area (Å²) >= 11 is -1.29. The Morgan fingerprint density at radius 1 is 1.32 bits per heavy atom. The van der Waals surface area contributed by atoms with Gasteiger partial charge < -0.3 is 4.55 Å². The van der Waals surface area contributed by atoms with Gasteiger partial charge in [0.05, 0.1) is 28.9 Å². The van der Waals surface area contributed by atoms with Gasteiger partial charge in [-0.05, 0) is 46.2 Å². The SMILES string of the molecule is Cc1cc(C(C)N[S@+]([O-])C(C)(C)C)c2nc(C3(C)CN(CC(F)F)C3)n(C)c(=O)c2c1. The van der Waals surface area contributed by atoms with Gasteiger partial charge >= 0.3 is 0 Å². The van der Waals surface area contributed by atoms with E-state index in [1.165, 1.54) is 4.57 Å². The van der Waals surface area contributed by atoms with Gasteiger partial charge in [-0.1, -0.05) is 13.0 Å². The van der Waals surface area contributed by atoms with E-state index in [0.29, 0.717) is 29.8 Å². The monoisotopic (exact) mass is 454 g/mol. The first kappa shape index (κ1) is 24.1. The minimum Gasteiger partial charge on any atom is -0.598 e. The smallest absolute Gasteiger partial charge is 0.261 e. The van der Waals surface area contributed by atoms with Crippen molar-refractivity contribution in [2.45, 2.75) is 64.2 Å². The van der Waals surface area contributed by atoms with Crippen molar-refractivity contribution in [2.75, 3.05) is 19.6 Å². The van der Waals surface area contributed by atoms with E-state index in [9.17, 15) is 18.1 Å². The van der Waals surface area contributed by atoms with Gasteiger partial charge in [0.2, 0.25) is 0 Å². The molecule has 1 aliphatic rings. The molecule has 0 saturated carbocycles. The Morgan fingerprint density at radius 3 is 2.48 bits per heavy atom. The van der Waals surface area contributed by atoms with Gasteiger partial charge in [-0.3, -0.25) is 14.3 Å². The Labute approximate surface area is 185 Å². The number of aromatic nitrogens is 2. The van der Waals surface area contributed by atoms with Crippen LogP contribution in [0.25, 0.3) is 10.9 Å². The standard InChI is InChI=1S/C22H32F2N4O2S/c1-13-8-15(14(2)26-31(30)21(3,4)5)18-16(9-13)19(29)27(7)20(25-18)22(6)11-28(12-22)10-17(23)24/h8-9,14,17,26H,10-12H2,1-7H3/t14?,31-/m1/s1. The van der Waals surface area contributed by atoms with E-state index < -0.39 is 27.9 Å². The molecule has 172 valence electrons. The first-order valence-electron chi connectivity index (χ1n) is 10.4. The summed E-state index contributed by atoms with van der Waals surface area (Å²) in [6.07, 6.45) is -2.39. The van der Waals surface area contributed by atoms with Gasteiger partial charge in [-0.25, -0.2) is 13.8 Å². The number of aryl methyl sites for hydroxylation is 1. The molecule has 6 nitrogen and oxygen atoms in total. The molecule has 1 unspecified atom stereocenters. The number of rotatable bonds is 6. The Morgan fingerprint density at radius 2 is 1.94 bits per heavy atom. The Bertz CT molecular complexity index is 1030.